The fraction of sp³-hybridized carbons (Fsp3) is 0. The fourth-order valence-corrected chi connectivity index (χ4v) is 0.589. The average Bonchev–Trinajstić information content (AvgIpc) is 1.77. The Balaban J connectivity index is 3.03. The Labute approximate surface area is 53.1 Å². The molecule has 1 rings (SSSR count). The van der Waals surface area contributed by atoms with E-state index in [2.05, 4.69) is 0 Å². The van der Waals surface area contributed by atoms with Crippen LogP contribution in [0.4, 0.5) is 5.69 Å². The van der Waals surface area contributed by atoms with Crippen molar-refractivity contribution in [3.8, 4) is 0 Å². The molecule has 0 aliphatic rings. The SMILES string of the molecule is [NH2+]c1ccc(Cl)cc1. The summed E-state index contributed by atoms with van der Waals surface area (Å²) in [6, 6.07) is 7.05. The van der Waals surface area contributed by atoms with Crippen molar-refractivity contribution in [3.05, 3.63) is 29.3 Å². The molecule has 0 aliphatic heterocycles. The third-order valence-corrected chi connectivity index (χ3v) is 1.12. The van der Waals surface area contributed by atoms with Crippen LogP contribution in [-0.4, -0.2) is 0 Å². The number of rotatable bonds is 0. The second kappa shape index (κ2) is 2.16. The van der Waals surface area contributed by atoms with E-state index >= 15 is 0 Å². The minimum absolute atomic E-state index is 0.721. The van der Waals surface area contributed by atoms with E-state index in [0.29, 0.717) is 0 Å². The van der Waals surface area contributed by atoms with E-state index in [1.807, 2.05) is 0 Å². The second-order valence-electron chi connectivity index (χ2n) is 1.55. The van der Waals surface area contributed by atoms with Gasteiger partial charge in [-0.05, 0) is 12.1 Å². The Hall–Kier alpha value is -0.530. The van der Waals surface area contributed by atoms with E-state index in [0.717, 1.165) is 10.7 Å². The Bertz CT molecular complexity index is 147. The Morgan fingerprint density at radius 3 is 2.00 bits per heavy atom. The first-order valence-electron chi connectivity index (χ1n) is 2.30. The lowest BCUT2D eigenvalue weighted by molar-refractivity contribution is -0.254. The molecule has 8 heavy (non-hydrogen) atoms. The molecule has 1 aromatic carbocycles. The third-order valence-electron chi connectivity index (χ3n) is 0.870. The first-order valence-corrected chi connectivity index (χ1v) is 2.68. The zero-order chi connectivity index (χ0) is 5.98. The smallest absolute Gasteiger partial charge is 0.160 e. The number of hydrogen-bond acceptors (Lipinski definition) is 1. The quantitative estimate of drug-likeness (QED) is 0.503. The molecule has 1 nitrogen and oxygen atoms in total. The molecule has 0 unspecified atom stereocenters. The van der Waals surface area contributed by atoms with E-state index in [-0.39, 0.29) is 0 Å². The summed E-state index contributed by atoms with van der Waals surface area (Å²) in [7, 11) is 0. The summed E-state index contributed by atoms with van der Waals surface area (Å²) in [5.41, 5.74) is 6.11. The molecule has 0 saturated carbocycles. The predicted octanol–water partition coefficient (Wildman–Crippen LogP) is 0.999. The lowest BCUT2D eigenvalue weighted by atomic mass is 10.3. The van der Waals surface area contributed by atoms with Gasteiger partial charge in [0, 0.05) is 17.2 Å². The minimum atomic E-state index is 0.721. The van der Waals surface area contributed by atoms with Gasteiger partial charge >= 0.3 is 0 Å². The normalized spacial score (nSPS) is 9.25. The number of halogens is 1. The van der Waals surface area contributed by atoms with E-state index in [4.69, 9.17) is 17.3 Å². The molecule has 0 aliphatic carbocycles. The van der Waals surface area contributed by atoms with Crippen LogP contribution in [0.25, 0.3) is 0 Å². The molecule has 0 atom stereocenters. The second-order valence-corrected chi connectivity index (χ2v) is 1.99. The Kier molecular flexibility index (Phi) is 1.51. The molecule has 41 valence electrons. The van der Waals surface area contributed by atoms with Crippen LogP contribution in [0.3, 0.4) is 0 Å². The van der Waals surface area contributed by atoms with Crippen LogP contribution in [0.1, 0.15) is 0 Å². The third kappa shape index (κ3) is 1.22. The van der Waals surface area contributed by atoms with Crippen molar-refractivity contribution in [1.82, 2.24) is 0 Å². The highest BCUT2D eigenvalue weighted by Crippen LogP contribution is 2.08. The van der Waals surface area contributed by atoms with E-state index in [9.17, 15) is 0 Å². The van der Waals surface area contributed by atoms with Crippen LogP contribution in [0, 0.1) is 0 Å². The summed E-state index contributed by atoms with van der Waals surface area (Å²) in [6.07, 6.45) is 0. The summed E-state index contributed by atoms with van der Waals surface area (Å²) >= 11 is 5.56. The summed E-state index contributed by atoms with van der Waals surface area (Å²) in [5, 5.41) is 0.721. The number of anilines is 1. The van der Waals surface area contributed by atoms with Crippen LogP contribution >= 0.6 is 11.6 Å². The summed E-state index contributed by atoms with van der Waals surface area (Å²) < 4.78 is 0. The van der Waals surface area contributed by atoms with E-state index < -0.39 is 0 Å². The summed E-state index contributed by atoms with van der Waals surface area (Å²) in [6.45, 7) is 0. The van der Waals surface area contributed by atoms with Crippen molar-refractivity contribution in [2.24, 2.45) is 0 Å². The number of benzene rings is 1. The van der Waals surface area contributed by atoms with Crippen LogP contribution in [0.15, 0.2) is 24.3 Å². The molecule has 0 bridgehead atoms. The van der Waals surface area contributed by atoms with Gasteiger partial charge in [-0.3, -0.25) is 0 Å². The van der Waals surface area contributed by atoms with Crippen molar-refractivity contribution < 1.29 is 5.73 Å². The number of nitrogen functional groups attached to an aromatic ring is 1. The van der Waals surface area contributed by atoms with Gasteiger partial charge in [-0.1, -0.05) is 11.6 Å². The largest absolute Gasteiger partial charge is 0.177 e. The van der Waals surface area contributed by atoms with Gasteiger partial charge in [-0.2, -0.15) is 5.73 Å². The maximum atomic E-state index is 5.56. The molecule has 0 spiro atoms. The summed E-state index contributed by atoms with van der Waals surface area (Å²) in [5.74, 6) is 0. The molecule has 1 aromatic rings. The highest BCUT2D eigenvalue weighted by molar-refractivity contribution is 6.30. The van der Waals surface area contributed by atoms with Crippen LogP contribution in [-0.2, 0) is 0 Å². The van der Waals surface area contributed by atoms with E-state index in [1.165, 1.54) is 0 Å². The van der Waals surface area contributed by atoms with Crippen molar-refractivity contribution in [1.29, 1.82) is 0 Å². The molecule has 0 aromatic heterocycles. The zero-order valence-corrected chi connectivity index (χ0v) is 5.02. The lowest BCUT2D eigenvalue weighted by Crippen LogP contribution is -2.39. The highest BCUT2D eigenvalue weighted by atomic mass is 35.5. The molecular formula is C6H6ClN+. The molecule has 2 N–H and O–H groups in total. The highest BCUT2D eigenvalue weighted by Gasteiger charge is 1.87. The molecule has 2 heteroatoms. The number of hydrogen-bond donors (Lipinski definition) is 1. The van der Waals surface area contributed by atoms with Gasteiger partial charge in [0.15, 0.2) is 5.69 Å². The first-order chi connectivity index (χ1) is 3.79. The van der Waals surface area contributed by atoms with Gasteiger partial charge in [0.05, 0.1) is 0 Å². The Morgan fingerprint density at radius 1 is 1.12 bits per heavy atom. The Morgan fingerprint density at radius 2 is 1.62 bits per heavy atom. The van der Waals surface area contributed by atoms with Crippen molar-refractivity contribution in [2.45, 2.75) is 0 Å². The lowest BCUT2D eigenvalue weighted by Gasteiger charge is -1.82. The van der Waals surface area contributed by atoms with Crippen molar-refractivity contribution in [3.63, 3.8) is 0 Å². The van der Waals surface area contributed by atoms with Gasteiger partial charge in [0.25, 0.3) is 0 Å². The monoisotopic (exact) mass is 127 g/mol. The van der Waals surface area contributed by atoms with Crippen molar-refractivity contribution >= 4 is 17.3 Å². The van der Waals surface area contributed by atoms with Gasteiger partial charge in [0.2, 0.25) is 0 Å². The standard InChI is InChI=1S/C6H6ClN/c7-5-1-3-6(8)4-2-5/h1-4H,8H2/q+1. The number of nitrogens with two attached hydrogens (primary N) is 1. The maximum absolute atomic E-state index is 5.56. The zero-order valence-electron chi connectivity index (χ0n) is 4.26. The fourth-order valence-electron chi connectivity index (χ4n) is 0.463. The van der Waals surface area contributed by atoms with E-state index in [1.54, 1.807) is 24.3 Å². The van der Waals surface area contributed by atoms with Crippen LogP contribution in [0.5, 0.6) is 0 Å². The summed E-state index contributed by atoms with van der Waals surface area (Å²) in [4.78, 5) is 0. The van der Waals surface area contributed by atoms with Gasteiger partial charge in [-0.15, -0.1) is 0 Å². The van der Waals surface area contributed by atoms with Crippen molar-refractivity contribution in [2.75, 3.05) is 0 Å². The van der Waals surface area contributed by atoms with Gasteiger partial charge < -0.3 is 0 Å². The molecular weight excluding hydrogens is 122 g/mol. The topological polar surface area (TPSA) is 25.3 Å². The molecule has 0 fully saturated rings. The molecule has 1 radical (unpaired) electrons. The van der Waals surface area contributed by atoms with Crippen LogP contribution in [0.2, 0.25) is 5.02 Å². The minimum Gasteiger partial charge on any atom is -0.160 e. The predicted molar refractivity (Wildman–Crippen MR) is 33.0 cm³/mol. The van der Waals surface area contributed by atoms with Gasteiger partial charge in [0.1, 0.15) is 0 Å². The molecule has 0 heterocycles. The van der Waals surface area contributed by atoms with Gasteiger partial charge in [-0.25, -0.2) is 0 Å². The molecule has 0 amide bonds. The molecule has 0 saturated heterocycles. The maximum Gasteiger partial charge on any atom is 0.177 e. The average molecular weight is 128 g/mol. The first kappa shape index (κ1) is 5.60. The van der Waals surface area contributed by atoms with Crippen LogP contribution < -0.4 is 5.73 Å².